The van der Waals surface area contributed by atoms with Gasteiger partial charge >= 0.3 is 5.69 Å². The molecule has 1 unspecified atom stereocenters. The number of aryl methyl sites for hydroxylation is 1. The fraction of sp³-hybridized carbons (Fsp3) is 0.523. The van der Waals surface area contributed by atoms with Gasteiger partial charge in [-0.1, -0.05) is 0 Å². The highest BCUT2D eigenvalue weighted by Gasteiger charge is 2.33. The third-order valence-electron chi connectivity index (χ3n) is 13.1. The SMILES string of the molecule is CN(CC1CCC(n2cc(NC(=O)c3coc(-c4ccnc(NCC5CC5)c4)n3)c(C(F)F)n2)CC1)CC1CCN(c2ccc3c(c2)n(C)c(=O)n3C2CCC(=O)NC2=O)CC1. The summed E-state index contributed by atoms with van der Waals surface area (Å²) in [5, 5.41) is 12.5. The molecule has 1 aromatic carbocycles. The Morgan fingerprint density at radius 1 is 0.952 bits per heavy atom. The van der Waals surface area contributed by atoms with Crippen molar-refractivity contribution in [3.8, 4) is 11.5 Å². The molecule has 0 radical (unpaired) electrons. The normalized spacial score (nSPS) is 21.3. The number of nitrogens with one attached hydrogen (secondary N) is 3. The maximum Gasteiger partial charge on any atom is 0.329 e. The Balaban J connectivity index is 0.745. The lowest BCUT2D eigenvalue weighted by atomic mass is 9.85. The lowest BCUT2D eigenvalue weighted by Gasteiger charge is -2.37. The molecule has 16 nitrogen and oxygen atoms in total. The van der Waals surface area contributed by atoms with Crippen LogP contribution in [-0.4, -0.2) is 91.3 Å². The van der Waals surface area contributed by atoms with E-state index in [1.54, 1.807) is 34.6 Å². The highest BCUT2D eigenvalue weighted by Crippen LogP contribution is 2.36. The average Bonchev–Trinajstić information content (AvgIpc) is 3.68. The van der Waals surface area contributed by atoms with Gasteiger partial charge in [0.25, 0.3) is 12.3 Å². The second-order valence-corrected chi connectivity index (χ2v) is 17.6. The summed E-state index contributed by atoms with van der Waals surface area (Å²) in [6.45, 7) is 4.59. The van der Waals surface area contributed by atoms with E-state index in [0.717, 1.165) is 82.5 Å². The summed E-state index contributed by atoms with van der Waals surface area (Å²) < 4.78 is 38.7. The Morgan fingerprint density at radius 2 is 1.69 bits per heavy atom. The molecule has 2 aliphatic carbocycles. The summed E-state index contributed by atoms with van der Waals surface area (Å²) in [7, 11) is 3.89. The van der Waals surface area contributed by atoms with Crippen molar-refractivity contribution in [2.24, 2.45) is 24.8 Å². The molecule has 9 rings (SSSR count). The minimum atomic E-state index is -2.87. The largest absolute Gasteiger partial charge is 0.444 e. The van der Waals surface area contributed by atoms with Crippen LogP contribution in [0.5, 0.6) is 0 Å². The highest BCUT2D eigenvalue weighted by atomic mass is 19.3. The molecule has 2 saturated carbocycles. The number of pyridine rings is 1. The van der Waals surface area contributed by atoms with Crippen LogP contribution < -0.4 is 26.5 Å². The first kappa shape index (κ1) is 41.4. The van der Waals surface area contributed by atoms with Gasteiger partial charge in [0.15, 0.2) is 11.4 Å². The predicted octanol–water partition coefficient (Wildman–Crippen LogP) is 6.16. The number of imide groups is 1. The Morgan fingerprint density at radius 3 is 2.42 bits per heavy atom. The number of oxazole rings is 1. The number of carbonyl (C=O) groups is 3. The number of alkyl halides is 2. The number of hydrogen-bond donors (Lipinski definition) is 3. The van der Waals surface area contributed by atoms with Crippen LogP contribution in [0.2, 0.25) is 0 Å². The fourth-order valence-electron chi connectivity index (χ4n) is 9.48. The Bertz CT molecular complexity index is 2510. The first-order chi connectivity index (χ1) is 30.0. The van der Waals surface area contributed by atoms with Gasteiger partial charge in [0, 0.05) is 69.8 Å². The van der Waals surface area contributed by atoms with Gasteiger partial charge in [-0.05, 0) is 113 Å². The van der Waals surface area contributed by atoms with Crippen molar-refractivity contribution in [1.82, 2.24) is 39.1 Å². The Kier molecular flexibility index (Phi) is 11.7. The molecule has 6 heterocycles. The van der Waals surface area contributed by atoms with E-state index in [2.05, 4.69) is 47.9 Å². The number of hydrogen-bond acceptors (Lipinski definition) is 11. The van der Waals surface area contributed by atoms with Crippen LogP contribution in [0.25, 0.3) is 22.5 Å². The van der Waals surface area contributed by atoms with Gasteiger partial charge in [-0.25, -0.2) is 23.5 Å². The van der Waals surface area contributed by atoms with Crippen LogP contribution in [0.4, 0.5) is 26.0 Å². The van der Waals surface area contributed by atoms with Gasteiger partial charge in [-0.2, -0.15) is 5.10 Å². The van der Waals surface area contributed by atoms with E-state index >= 15 is 0 Å². The molecule has 1 atom stereocenters. The average molecular weight is 854 g/mol. The van der Waals surface area contributed by atoms with Crippen LogP contribution in [0.15, 0.2) is 58.2 Å². The lowest BCUT2D eigenvalue weighted by molar-refractivity contribution is -0.135. The topological polar surface area (TPSA) is 177 Å². The number of fused-ring (bicyclic) bond motifs is 1. The van der Waals surface area contributed by atoms with Gasteiger partial charge < -0.3 is 24.9 Å². The van der Waals surface area contributed by atoms with E-state index < -0.39 is 30.0 Å². The van der Waals surface area contributed by atoms with E-state index in [1.807, 2.05) is 18.2 Å². The smallest absolute Gasteiger partial charge is 0.329 e. The zero-order valence-corrected chi connectivity index (χ0v) is 35.1. The molecule has 5 aromatic rings. The lowest BCUT2D eigenvalue weighted by Crippen LogP contribution is -2.44. The minimum Gasteiger partial charge on any atom is -0.444 e. The Labute approximate surface area is 357 Å². The third-order valence-corrected chi connectivity index (χ3v) is 13.1. The number of amides is 3. The summed E-state index contributed by atoms with van der Waals surface area (Å²) >= 11 is 0. The number of piperidine rings is 2. The number of nitrogens with zero attached hydrogens (tertiary/aromatic N) is 8. The van der Waals surface area contributed by atoms with Gasteiger partial charge in [-0.3, -0.25) is 33.5 Å². The maximum atomic E-state index is 14.2. The van der Waals surface area contributed by atoms with Crippen LogP contribution in [-0.2, 0) is 16.6 Å². The van der Waals surface area contributed by atoms with Gasteiger partial charge in [0.2, 0.25) is 17.7 Å². The molecule has 4 fully saturated rings. The summed E-state index contributed by atoms with van der Waals surface area (Å²) in [6.07, 6.45) is 10.0. The van der Waals surface area contributed by atoms with Crippen molar-refractivity contribution >= 4 is 45.9 Å². The van der Waals surface area contributed by atoms with Gasteiger partial charge in [-0.15, -0.1) is 0 Å². The van der Waals surface area contributed by atoms with E-state index in [1.165, 1.54) is 29.9 Å². The molecule has 18 heteroatoms. The molecule has 3 amide bonds. The summed E-state index contributed by atoms with van der Waals surface area (Å²) in [5.41, 5.74) is 2.33. The van der Waals surface area contributed by atoms with E-state index in [9.17, 15) is 28.0 Å². The number of aromatic nitrogens is 6. The van der Waals surface area contributed by atoms with Crippen molar-refractivity contribution in [2.75, 3.05) is 55.3 Å². The standard InChI is InChI=1S/C44H53F2N11O5/c1-53(23-28-14-17-55(18-15-28)31-9-10-34-36(20-31)54(2)44(61)57(34)35-11-12-38(58)51-42(35)60)22-27-5-7-30(8-6-27)56-24-32(39(52-56)40(45)46)49-41(59)33-25-62-43(50-33)29-13-16-47-37(19-29)48-21-26-3-4-26/h9-10,13,16,19-20,24-28,30,35,40H,3-8,11-12,14-15,17-18,21-23H2,1-2H3,(H,47,48)(H,49,59)(H,51,58,60). The molecule has 0 spiro atoms. The van der Waals surface area contributed by atoms with Crippen LogP contribution in [0, 0.1) is 17.8 Å². The maximum absolute atomic E-state index is 14.2. The van der Waals surface area contributed by atoms with E-state index in [0.29, 0.717) is 41.1 Å². The number of halogens is 2. The molecular formula is C44H53F2N11O5. The quantitative estimate of drug-likeness (QED) is 0.109. The molecule has 4 aliphatic rings. The second-order valence-electron chi connectivity index (χ2n) is 17.6. The molecular weight excluding hydrogens is 801 g/mol. The monoisotopic (exact) mass is 853 g/mol. The molecule has 328 valence electrons. The minimum absolute atomic E-state index is 0.0279. The second kappa shape index (κ2) is 17.5. The highest BCUT2D eigenvalue weighted by molar-refractivity contribution is 6.03. The third kappa shape index (κ3) is 8.87. The number of carbonyl (C=O) groups excluding carboxylic acids is 3. The van der Waals surface area contributed by atoms with Crippen molar-refractivity contribution in [3.63, 3.8) is 0 Å². The zero-order valence-electron chi connectivity index (χ0n) is 35.1. The first-order valence-electron chi connectivity index (χ1n) is 21.8. The number of anilines is 3. The first-order valence-corrected chi connectivity index (χ1v) is 21.8. The van der Waals surface area contributed by atoms with Crippen LogP contribution in [0.3, 0.4) is 0 Å². The van der Waals surface area contributed by atoms with E-state index in [4.69, 9.17) is 4.42 Å². The number of benzene rings is 1. The molecule has 3 N–H and O–H groups in total. The van der Waals surface area contributed by atoms with Crippen molar-refractivity contribution < 1.29 is 27.6 Å². The summed E-state index contributed by atoms with van der Waals surface area (Å²) in [5.74, 6) is 1.21. The summed E-state index contributed by atoms with van der Waals surface area (Å²) in [4.78, 5) is 64.2. The van der Waals surface area contributed by atoms with Crippen LogP contribution >= 0.6 is 0 Å². The van der Waals surface area contributed by atoms with Crippen molar-refractivity contribution in [3.05, 3.63) is 70.9 Å². The summed E-state index contributed by atoms with van der Waals surface area (Å²) in [6, 6.07) is 8.73. The molecule has 2 aliphatic heterocycles. The molecule has 2 saturated heterocycles. The van der Waals surface area contributed by atoms with Crippen LogP contribution in [0.1, 0.15) is 98.9 Å². The fourth-order valence-corrected chi connectivity index (χ4v) is 9.48. The van der Waals surface area contributed by atoms with Gasteiger partial charge in [0.1, 0.15) is 18.1 Å². The van der Waals surface area contributed by atoms with Gasteiger partial charge in [0.05, 0.1) is 22.8 Å². The Hall–Kier alpha value is -5.91. The molecule has 62 heavy (non-hydrogen) atoms. The molecule has 0 bridgehead atoms. The number of imidazole rings is 1. The molecule has 4 aromatic heterocycles. The van der Waals surface area contributed by atoms with E-state index in [-0.39, 0.29) is 41.3 Å². The van der Waals surface area contributed by atoms with Crippen molar-refractivity contribution in [2.45, 2.75) is 82.7 Å². The predicted molar refractivity (Wildman–Crippen MR) is 228 cm³/mol. The number of rotatable bonds is 14. The van der Waals surface area contributed by atoms with Crippen molar-refractivity contribution in [1.29, 1.82) is 0 Å². The zero-order chi connectivity index (χ0) is 43.1.